The molecule has 0 spiro atoms. The Morgan fingerprint density at radius 3 is 2.19 bits per heavy atom. The van der Waals surface area contributed by atoms with Gasteiger partial charge in [-0.15, -0.1) is 0 Å². The molecule has 164 valence electrons. The topological polar surface area (TPSA) is 86.3 Å². The van der Waals surface area contributed by atoms with Crippen molar-refractivity contribution in [2.45, 2.75) is 25.2 Å². The first-order valence-electron chi connectivity index (χ1n) is 9.40. The summed E-state index contributed by atoms with van der Waals surface area (Å²) in [5, 5.41) is 2.82. The number of hydrogen-bond acceptors (Lipinski definition) is 4. The zero-order chi connectivity index (χ0) is 22.9. The van der Waals surface area contributed by atoms with E-state index in [-0.39, 0.29) is 37.8 Å². The van der Waals surface area contributed by atoms with Gasteiger partial charge in [0.25, 0.3) is 0 Å². The van der Waals surface area contributed by atoms with Crippen molar-refractivity contribution in [3.63, 3.8) is 0 Å². The number of nitrogens with one attached hydrogen (secondary N) is 1. The zero-order valence-corrected chi connectivity index (χ0v) is 20.1. The molecule has 8 heteroatoms. The summed E-state index contributed by atoms with van der Waals surface area (Å²) in [7, 11) is -4.27. The molecule has 0 unspecified atom stereocenters. The molecular formula is C23H23FINO4S. The Bertz CT molecular complexity index is 1100. The minimum absolute atomic E-state index is 0.00397. The fourth-order valence-electron chi connectivity index (χ4n) is 2.48. The molecule has 0 fully saturated rings. The van der Waals surface area contributed by atoms with Crippen molar-refractivity contribution in [1.29, 1.82) is 0 Å². The summed E-state index contributed by atoms with van der Waals surface area (Å²) in [6.07, 6.45) is 0.830. The number of carbonyl (C=O) groups excluding carboxylic acids is 1. The highest BCUT2D eigenvalue weighted by Gasteiger charge is 2.19. The number of rotatable bonds is 6. The second kappa shape index (κ2) is 11.9. The van der Waals surface area contributed by atoms with Crippen molar-refractivity contribution in [3.05, 3.63) is 96.9 Å². The van der Waals surface area contributed by atoms with Gasteiger partial charge in [-0.3, -0.25) is 4.79 Å². The van der Waals surface area contributed by atoms with E-state index in [1.54, 1.807) is 12.1 Å². The second-order valence-corrected chi connectivity index (χ2v) is 10.9. The van der Waals surface area contributed by atoms with Gasteiger partial charge in [0.05, 0.1) is 4.90 Å². The van der Waals surface area contributed by atoms with Crippen LogP contribution in [0.25, 0.3) is 0 Å². The van der Waals surface area contributed by atoms with Gasteiger partial charge in [0.2, 0.25) is 5.91 Å². The molecule has 31 heavy (non-hydrogen) atoms. The van der Waals surface area contributed by atoms with E-state index in [0.29, 0.717) is 6.54 Å². The molecule has 0 radical (unpaired) electrons. The van der Waals surface area contributed by atoms with E-state index in [1.807, 2.05) is 31.2 Å². The molecule has 5 nitrogen and oxygen atoms in total. The van der Waals surface area contributed by atoms with E-state index in [4.69, 9.17) is 0 Å². The third-order valence-corrected chi connectivity index (χ3v) is 7.88. The molecule has 0 saturated carbocycles. The molecule has 3 rings (SSSR count). The van der Waals surface area contributed by atoms with E-state index < -0.39 is 10.1 Å². The van der Waals surface area contributed by atoms with Gasteiger partial charge in [0.1, 0.15) is 15.9 Å². The number of hydrogen-bond donors (Lipinski definition) is 1. The highest BCUT2D eigenvalue weighted by molar-refractivity contribution is 7.85. The number of aryl methyl sites for hydroxylation is 1. The van der Waals surface area contributed by atoms with Crippen molar-refractivity contribution < 1.29 is 43.4 Å². The fourth-order valence-corrected chi connectivity index (χ4v) is 5.52. The Morgan fingerprint density at radius 1 is 1.00 bits per heavy atom. The molecule has 0 saturated heterocycles. The lowest BCUT2D eigenvalue weighted by molar-refractivity contribution is -0.598. The fraction of sp³-hybridized carbons (Fsp3) is 0.174. The zero-order valence-electron chi connectivity index (χ0n) is 17.1. The standard InChI is InChI=1S/C16H15FINO.C7H8O3S/c1-12(20)19-11-10-13-4-2-3-5-16(13)18-15-8-6-14(17)7-9-15;1-6-2-4-7(5-3-6)11(8,9)10/h2-9H,10-11H2,1H3;2-5H,1H3,(H,8,9,10). The highest BCUT2D eigenvalue weighted by atomic mass is 127. The van der Waals surface area contributed by atoms with Crippen LogP contribution in [0.3, 0.4) is 0 Å². The molecule has 0 aliphatic heterocycles. The lowest BCUT2D eigenvalue weighted by Gasteiger charge is -2.05. The number of carbonyl (C=O) groups is 1. The summed E-state index contributed by atoms with van der Waals surface area (Å²) in [5.74, 6) is -0.201. The van der Waals surface area contributed by atoms with Crippen LogP contribution in [-0.2, 0) is 21.3 Å². The van der Waals surface area contributed by atoms with E-state index in [0.717, 1.165) is 12.0 Å². The Kier molecular flexibility index (Phi) is 9.60. The smallest absolute Gasteiger partial charge is 0.358 e. The molecule has 0 aliphatic carbocycles. The van der Waals surface area contributed by atoms with Crippen molar-refractivity contribution in [3.8, 4) is 0 Å². The van der Waals surface area contributed by atoms with Crippen LogP contribution in [0.5, 0.6) is 0 Å². The predicted octanol–water partition coefficient (Wildman–Crippen LogP) is 0.532. The molecule has 0 atom stereocenters. The van der Waals surface area contributed by atoms with E-state index in [9.17, 15) is 22.2 Å². The van der Waals surface area contributed by atoms with Crippen LogP contribution >= 0.6 is 0 Å². The Balaban J connectivity index is 0.000000262. The SMILES string of the molecule is CC(=O)NCCc1ccccc1[I+]c1ccc(F)cc1.Cc1ccc(S(=O)(=O)[O-])cc1. The maximum Gasteiger partial charge on any atom is 0.358 e. The third-order valence-electron chi connectivity index (χ3n) is 4.05. The van der Waals surface area contributed by atoms with Crippen molar-refractivity contribution >= 4 is 16.0 Å². The van der Waals surface area contributed by atoms with Crippen LogP contribution in [0.2, 0.25) is 0 Å². The molecular weight excluding hydrogens is 532 g/mol. The van der Waals surface area contributed by atoms with Gasteiger partial charge in [-0.25, -0.2) is 12.8 Å². The van der Waals surface area contributed by atoms with Gasteiger partial charge in [0, 0.05) is 19.0 Å². The lowest BCUT2D eigenvalue weighted by atomic mass is 10.1. The number of amides is 1. The minimum Gasteiger partial charge on any atom is -0.744 e. The van der Waals surface area contributed by atoms with E-state index in [1.165, 1.54) is 43.9 Å². The van der Waals surface area contributed by atoms with Gasteiger partial charge >= 0.3 is 21.2 Å². The van der Waals surface area contributed by atoms with Crippen molar-refractivity contribution in [2.24, 2.45) is 0 Å². The first-order chi connectivity index (χ1) is 14.6. The molecule has 0 heterocycles. The van der Waals surface area contributed by atoms with Gasteiger partial charge < -0.3 is 9.87 Å². The molecule has 3 aromatic rings. The molecule has 1 amide bonds. The molecule has 0 bridgehead atoms. The Labute approximate surface area is 192 Å². The maximum absolute atomic E-state index is 12.9. The quantitative estimate of drug-likeness (QED) is 0.356. The molecule has 0 aliphatic rings. The van der Waals surface area contributed by atoms with E-state index in [2.05, 4.69) is 17.4 Å². The third kappa shape index (κ3) is 9.16. The summed E-state index contributed by atoms with van der Waals surface area (Å²) in [6.45, 7) is 4.00. The van der Waals surface area contributed by atoms with Crippen LogP contribution in [0.15, 0.2) is 77.7 Å². The summed E-state index contributed by atoms with van der Waals surface area (Å²) in [5.41, 5.74) is 2.19. The number of benzene rings is 3. The van der Waals surface area contributed by atoms with Crippen LogP contribution in [0.1, 0.15) is 18.1 Å². The van der Waals surface area contributed by atoms with Crippen LogP contribution < -0.4 is 26.5 Å². The molecule has 1 N–H and O–H groups in total. The summed E-state index contributed by atoms with van der Waals surface area (Å²) in [6, 6.07) is 20.8. The highest BCUT2D eigenvalue weighted by Crippen LogP contribution is 2.08. The monoisotopic (exact) mass is 555 g/mol. The first-order valence-corrected chi connectivity index (χ1v) is 13.0. The lowest BCUT2D eigenvalue weighted by Crippen LogP contribution is -3.61. The maximum atomic E-state index is 12.9. The predicted molar refractivity (Wildman–Crippen MR) is 112 cm³/mol. The molecule has 0 aromatic heterocycles. The Morgan fingerprint density at radius 2 is 1.61 bits per heavy atom. The average Bonchev–Trinajstić information content (AvgIpc) is 2.71. The van der Waals surface area contributed by atoms with Crippen LogP contribution in [-0.4, -0.2) is 25.4 Å². The normalized spacial score (nSPS) is 10.7. The van der Waals surface area contributed by atoms with Gasteiger partial charge in [0.15, 0.2) is 7.14 Å². The van der Waals surface area contributed by atoms with Gasteiger partial charge in [-0.2, -0.15) is 0 Å². The van der Waals surface area contributed by atoms with Crippen LogP contribution in [0, 0.1) is 19.9 Å². The first kappa shape index (κ1) is 25.0. The molecule has 3 aromatic carbocycles. The average molecular weight is 555 g/mol. The van der Waals surface area contributed by atoms with Crippen molar-refractivity contribution in [2.75, 3.05) is 6.54 Å². The largest absolute Gasteiger partial charge is 0.744 e. The minimum atomic E-state index is -4.27. The number of halogens is 2. The Hall–Kier alpha value is -2.30. The van der Waals surface area contributed by atoms with Gasteiger partial charge in [-0.1, -0.05) is 35.9 Å². The van der Waals surface area contributed by atoms with Gasteiger partial charge in [-0.05, 0) is 55.8 Å². The van der Waals surface area contributed by atoms with Crippen molar-refractivity contribution in [1.82, 2.24) is 5.32 Å². The summed E-state index contributed by atoms with van der Waals surface area (Å²) in [4.78, 5) is 10.7. The van der Waals surface area contributed by atoms with Crippen LogP contribution in [0.4, 0.5) is 4.39 Å². The summed E-state index contributed by atoms with van der Waals surface area (Å²) >= 11 is -0.319. The summed E-state index contributed by atoms with van der Waals surface area (Å²) < 4.78 is 46.6. The second-order valence-electron chi connectivity index (χ2n) is 6.62. The van der Waals surface area contributed by atoms with E-state index >= 15 is 0 Å².